The number of nitrogens with zero attached hydrogens (tertiary/aromatic N) is 1. The maximum absolute atomic E-state index is 13.2. The molecule has 1 heterocycles. The van der Waals surface area contributed by atoms with E-state index < -0.39 is 5.82 Å². The molecule has 2 rings (SSSR count). The van der Waals surface area contributed by atoms with Crippen molar-refractivity contribution in [3.05, 3.63) is 29.6 Å². The molecule has 4 heteroatoms. The van der Waals surface area contributed by atoms with Crippen LogP contribution in [0.15, 0.2) is 18.2 Å². The number of carbonyl (C=O) groups is 1. The molecule has 1 aliphatic rings. The van der Waals surface area contributed by atoms with E-state index in [2.05, 4.69) is 0 Å². The van der Waals surface area contributed by atoms with Gasteiger partial charge in [-0.05, 0) is 44.9 Å². The van der Waals surface area contributed by atoms with Gasteiger partial charge in [0.05, 0.1) is 0 Å². The van der Waals surface area contributed by atoms with Crippen molar-refractivity contribution in [3.63, 3.8) is 0 Å². The number of nitrogen functional groups attached to an aromatic ring is 1. The van der Waals surface area contributed by atoms with Gasteiger partial charge in [-0.25, -0.2) is 4.39 Å². The van der Waals surface area contributed by atoms with Crippen molar-refractivity contribution in [2.75, 3.05) is 12.3 Å². The number of amides is 1. The van der Waals surface area contributed by atoms with E-state index in [0.717, 1.165) is 19.4 Å². The summed E-state index contributed by atoms with van der Waals surface area (Å²) in [4.78, 5) is 14.1. The summed E-state index contributed by atoms with van der Waals surface area (Å²) in [5.74, 6) is -0.607. The average molecular weight is 236 g/mol. The lowest BCUT2D eigenvalue weighted by molar-refractivity contribution is 0.0651. The quantitative estimate of drug-likeness (QED) is 0.761. The minimum atomic E-state index is -0.467. The zero-order valence-corrected chi connectivity index (χ0v) is 10.2. The number of hydrogen-bond donors (Lipinski definition) is 1. The predicted molar refractivity (Wildman–Crippen MR) is 65.2 cm³/mol. The second kappa shape index (κ2) is 4.02. The van der Waals surface area contributed by atoms with Gasteiger partial charge < -0.3 is 10.6 Å². The summed E-state index contributed by atoms with van der Waals surface area (Å²) in [6, 6.07) is 3.98. The van der Waals surface area contributed by atoms with Crippen LogP contribution in [-0.4, -0.2) is 22.9 Å². The molecule has 0 spiro atoms. The van der Waals surface area contributed by atoms with E-state index in [1.807, 2.05) is 13.8 Å². The van der Waals surface area contributed by atoms with Crippen LogP contribution in [0.1, 0.15) is 37.0 Å². The molecule has 0 bridgehead atoms. The Balaban J connectivity index is 2.31. The minimum Gasteiger partial charge on any atom is -0.399 e. The molecule has 92 valence electrons. The first-order valence-electron chi connectivity index (χ1n) is 5.78. The standard InChI is InChI=1S/C13H17FN2O/c1-13(2)4-3-5-16(13)12(17)9-6-10(14)8-11(15)7-9/h6-8H,3-5,15H2,1-2H3. The molecule has 0 unspecified atom stereocenters. The summed E-state index contributed by atoms with van der Waals surface area (Å²) in [7, 11) is 0. The van der Waals surface area contributed by atoms with Crippen LogP contribution < -0.4 is 5.73 Å². The van der Waals surface area contributed by atoms with Crippen LogP contribution in [0.2, 0.25) is 0 Å². The van der Waals surface area contributed by atoms with E-state index in [9.17, 15) is 9.18 Å². The summed E-state index contributed by atoms with van der Waals surface area (Å²) in [5.41, 5.74) is 6.01. The minimum absolute atomic E-state index is 0.140. The molecule has 1 saturated heterocycles. The Hall–Kier alpha value is -1.58. The van der Waals surface area contributed by atoms with Gasteiger partial charge >= 0.3 is 0 Å². The van der Waals surface area contributed by atoms with Gasteiger partial charge in [0.25, 0.3) is 5.91 Å². The molecule has 0 aliphatic carbocycles. The molecule has 1 aromatic rings. The second-order valence-corrected chi connectivity index (χ2v) is 5.15. The first-order valence-corrected chi connectivity index (χ1v) is 5.78. The number of likely N-dealkylation sites (tertiary alicyclic amines) is 1. The van der Waals surface area contributed by atoms with E-state index in [-0.39, 0.29) is 17.1 Å². The molecule has 0 radical (unpaired) electrons. The highest BCUT2D eigenvalue weighted by atomic mass is 19.1. The predicted octanol–water partition coefficient (Wildman–Crippen LogP) is 2.42. The molecule has 2 N–H and O–H groups in total. The van der Waals surface area contributed by atoms with Crippen LogP contribution in [-0.2, 0) is 0 Å². The van der Waals surface area contributed by atoms with Crippen molar-refractivity contribution in [3.8, 4) is 0 Å². The molecular weight excluding hydrogens is 219 g/mol. The van der Waals surface area contributed by atoms with Crippen molar-refractivity contribution in [1.29, 1.82) is 0 Å². The first kappa shape index (κ1) is 11.9. The molecule has 0 aromatic heterocycles. The molecular formula is C13H17FN2O. The molecule has 3 nitrogen and oxygen atoms in total. The molecule has 0 saturated carbocycles. The van der Waals surface area contributed by atoms with Gasteiger partial charge in [0, 0.05) is 23.3 Å². The van der Waals surface area contributed by atoms with E-state index in [1.54, 1.807) is 4.90 Å². The SMILES string of the molecule is CC1(C)CCCN1C(=O)c1cc(N)cc(F)c1. The number of hydrogen-bond acceptors (Lipinski definition) is 2. The number of anilines is 1. The largest absolute Gasteiger partial charge is 0.399 e. The maximum Gasteiger partial charge on any atom is 0.254 e. The lowest BCUT2D eigenvalue weighted by Gasteiger charge is -2.31. The van der Waals surface area contributed by atoms with E-state index in [0.29, 0.717) is 5.56 Å². The highest BCUT2D eigenvalue weighted by Crippen LogP contribution is 2.30. The topological polar surface area (TPSA) is 46.3 Å². The summed E-state index contributed by atoms with van der Waals surface area (Å²) in [6.45, 7) is 4.78. The molecule has 1 amide bonds. The molecule has 0 atom stereocenters. The van der Waals surface area contributed by atoms with E-state index >= 15 is 0 Å². The van der Waals surface area contributed by atoms with Gasteiger partial charge in [0.2, 0.25) is 0 Å². The molecule has 1 aromatic carbocycles. The summed E-state index contributed by atoms with van der Waals surface area (Å²) in [6.07, 6.45) is 1.97. The maximum atomic E-state index is 13.2. The van der Waals surface area contributed by atoms with Gasteiger partial charge in [0.1, 0.15) is 5.82 Å². The Kier molecular flexibility index (Phi) is 2.81. The molecule has 1 aliphatic heterocycles. The van der Waals surface area contributed by atoms with Crippen molar-refractivity contribution < 1.29 is 9.18 Å². The lowest BCUT2D eigenvalue weighted by Crippen LogP contribution is -2.42. The van der Waals surface area contributed by atoms with Gasteiger partial charge in [-0.1, -0.05) is 0 Å². The number of halogens is 1. The van der Waals surface area contributed by atoms with Crippen LogP contribution in [0.5, 0.6) is 0 Å². The lowest BCUT2D eigenvalue weighted by atomic mass is 10.0. The smallest absolute Gasteiger partial charge is 0.254 e. The number of benzene rings is 1. The van der Waals surface area contributed by atoms with Crippen LogP contribution in [0.3, 0.4) is 0 Å². The Morgan fingerprint density at radius 1 is 1.41 bits per heavy atom. The number of rotatable bonds is 1. The van der Waals surface area contributed by atoms with E-state index in [4.69, 9.17) is 5.73 Å². The fourth-order valence-electron chi connectivity index (χ4n) is 2.38. The van der Waals surface area contributed by atoms with Crippen molar-refractivity contribution >= 4 is 11.6 Å². The fraction of sp³-hybridized carbons (Fsp3) is 0.462. The molecule has 17 heavy (non-hydrogen) atoms. The Morgan fingerprint density at radius 3 is 2.65 bits per heavy atom. The van der Waals surface area contributed by atoms with Gasteiger partial charge in [-0.2, -0.15) is 0 Å². The van der Waals surface area contributed by atoms with Gasteiger partial charge in [-0.3, -0.25) is 4.79 Å². The van der Waals surface area contributed by atoms with Crippen molar-refractivity contribution in [2.45, 2.75) is 32.2 Å². The van der Waals surface area contributed by atoms with E-state index in [1.165, 1.54) is 18.2 Å². The Bertz CT molecular complexity index is 436. The Labute approximate surface area is 100 Å². The monoisotopic (exact) mass is 236 g/mol. The third kappa shape index (κ3) is 2.25. The summed E-state index contributed by atoms with van der Waals surface area (Å²) in [5, 5.41) is 0. The number of carbonyl (C=O) groups excluding carboxylic acids is 1. The van der Waals surface area contributed by atoms with Gasteiger partial charge in [0.15, 0.2) is 0 Å². The third-order valence-electron chi connectivity index (χ3n) is 3.31. The average Bonchev–Trinajstić information content (AvgIpc) is 2.55. The second-order valence-electron chi connectivity index (χ2n) is 5.15. The normalized spacial score (nSPS) is 18.4. The highest BCUT2D eigenvalue weighted by molar-refractivity contribution is 5.95. The van der Waals surface area contributed by atoms with Crippen molar-refractivity contribution in [2.24, 2.45) is 0 Å². The number of nitrogens with two attached hydrogens (primary N) is 1. The van der Waals surface area contributed by atoms with Crippen LogP contribution >= 0.6 is 0 Å². The first-order chi connectivity index (χ1) is 7.90. The zero-order valence-electron chi connectivity index (χ0n) is 10.2. The Morgan fingerprint density at radius 2 is 2.12 bits per heavy atom. The summed E-state index contributed by atoms with van der Waals surface area (Å²) < 4.78 is 13.2. The third-order valence-corrected chi connectivity index (χ3v) is 3.31. The molecule has 1 fully saturated rings. The zero-order chi connectivity index (χ0) is 12.6. The van der Waals surface area contributed by atoms with Crippen LogP contribution in [0.25, 0.3) is 0 Å². The van der Waals surface area contributed by atoms with Crippen molar-refractivity contribution in [1.82, 2.24) is 4.90 Å². The van der Waals surface area contributed by atoms with Crippen LogP contribution in [0, 0.1) is 5.82 Å². The highest BCUT2D eigenvalue weighted by Gasteiger charge is 2.35. The fourth-order valence-corrected chi connectivity index (χ4v) is 2.38. The summed E-state index contributed by atoms with van der Waals surface area (Å²) >= 11 is 0. The van der Waals surface area contributed by atoms with Crippen LogP contribution in [0.4, 0.5) is 10.1 Å². The van der Waals surface area contributed by atoms with Gasteiger partial charge in [-0.15, -0.1) is 0 Å².